The molecule has 8 heteroatoms. The SMILES string of the molecule is CCCc1nn(C)c(NC(C)CCS(C)=O)c1[N+](=O)[O-]. The van der Waals surface area contributed by atoms with Crippen LogP contribution in [0, 0.1) is 10.1 Å². The fourth-order valence-corrected chi connectivity index (χ4v) is 2.66. The molecule has 0 aliphatic carbocycles. The molecule has 0 saturated carbocycles. The van der Waals surface area contributed by atoms with Crippen LogP contribution in [0.1, 0.15) is 32.4 Å². The van der Waals surface area contributed by atoms with Crippen molar-refractivity contribution in [3.05, 3.63) is 15.8 Å². The van der Waals surface area contributed by atoms with Crippen LogP contribution < -0.4 is 5.32 Å². The first-order valence-electron chi connectivity index (χ1n) is 6.63. The van der Waals surface area contributed by atoms with Gasteiger partial charge in [0.25, 0.3) is 0 Å². The van der Waals surface area contributed by atoms with Gasteiger partial charge in [-0.3, -0.25) is 14.3 Å². The molecule has 0 bridgehead atoms. The summed E-state index contributed by atoms with van der Waals surface area (Å²) in [7, 11) is 0.836. The lowest BCUT2D eigenvalue weighted by Crippen LogP contribution is -2.20. The number of aryl methyl sites for hydroxylation is 2. The predicted octanol–water partition coefficient (Wildman–Crippen LogP) is 1.85. The largest absolute Gasteiger partial charge is 0.362 e. The Morgan fingerprint density at radius 3 is 2.70 bits per heavy atom. The zero-order valence-corrected chi connectivity index (χ0v) is 13.2. The fourth-order valence-electron chi connectivity index (χ4n) is 1.98. The minimum absolute atomic E-state index is 0.00229. The van der Waals surface area contributed by atoms with E-state index in [0.717, 1.165) is 6.42 Å². The van der Waals surface area contributed by atoms with E-state index in [4.69, 9.17) is 0 Å². The molecule has 1 aromatic heterocycles. The number of aromatic nitrogens is 2. The van der Waals surface area contributed by atoms with Crippen LogP contribution in [0.25, 0.3) is 0 Å². The summed E-state index contributed by atoms with van der Waals surface area (Å²) in [5, 5.41) is 18.6. The first-order chi connectivity index (χ1) is 9.36. The number of hydrogen-bond acceptors (Lipinski definition) is 5. The highest BCUT2D eigenvalue weighted by Gasteiger charge is 2.26. The van der Waals surface area contributed by atoms with Crippen molar-refractivity contribution >= 4 is 22.3 Å². The van der Waals surface area contributed by atoms with Gasteiger partial charge in [0.2, 0.25) is 5.82 Å². The highest BCUT2D eigenvalue weighted by atomic mass is 32.2. The standard InChI is InChI=1S/C12H22N4O3S/c1-5-6-10-11(16(17)18)12(15(3)14-10)13-9(2)7-8-20(4)19/h9,13H,5-8H2,1-4H3. The van der Waals surface area contributed by atoms with Crippen molar-refractivity contribution in [2.75, 3.05) is 17.3 Å². The summed E-state index contributed by atoms with van der Waals surface area (Å²) in [6, 6.07) is 0.00229. The zero-order chi connectivity index (χ0) is 15.3. The van der Waals surface area contributed by atoms with E-state index < -0.39 is 10.8 Å². The molecule has 0 aliphatic rings. The van der Waals surface area contributed by atoms with E-state index in [-0.39, 0.29) is 16.7 Å². The van der Waals surface area contributed by atoms with Crippen molar-refractivity contribution in [2.45, 2.75) is 39.2 Å². The van der Waals surface area contributed by atoms with E-state index in [0.29, 0.717) is 30.1 Å². The molecule has 0 saturated heterocycles. The van der Waals surface area contributed by atoms with Crippen LogP contribution in [0.5, 0.6) is 0 Å². The maximum absolute atomic E-state index is 11.2. The molecule has 7 nitrogen and oxygen atoms in total. The van der Waals surface area contributed by atoms with Gasteiger partial charge in [-0.05, 0) is 19.8 Å². The number of nitro groups is 1. The van der Waals surface area contributed by atoms with Gasteiger partial charge in [0, 0.05) is 35.9 Å². The molecule has 0 spiro atoms. The van der Waals surface area contributed by atoms with E-state index in [9.17, 15) is 14.3 Å². The molecule has 1 heterocycles. The second kappa shape index (κ2) is 7.37. The van der Waals surface area contributed by atoms with Crippen molar-refractivity contribution in [3.8, 4) is 0 Å². The van der Waals surface area contributed by atoms with Gasteiger partial charge in [-0.15, -0.1) is 0 Å². The molecule has 0 radical (unpaired) electrons. The maximum atomic E-state index is 11.2. The first kappa shape index (κ1) is 16.6. The van der Waals surface area contributed by atoms with Gasteiger partial charge in [-0.2, -0.15) is 5.10 Å². The first-order valence-corrected chi connectivity index (χ1v) is 8.36. The van der Waals surface area contributed by atoms with E-state index >= 15 is 0 Å². The average Bonchev–Trinajstić information content (AvgIpc) is 2.64. The highest BCUT2D eigenvalue weighted by Crippen LogP contribution is 2.29. The Bertz CT molecular complexity index is 501. The summed E-state index contributed by atoms with van der Waals surface area (Å²) >= 11 is 0. The maximum Gasteiger partial charge on any atom is 0.333 e. The molecule has 1 aromatic rings. The van der Waals surface area contributed by atoms with Crippen LogP contribution in [0.3, 0.4) is 0 Å². The predicted molar refractivity (Wildman–Crippen MR) is 80.5 cm³/mol. The summed E-state index contributed by atoms with van der Waals surface area (Å²) in [5.74, 6) is 0.995. The summed E-state index contributed by atoms with van der Waals surface area (Å²) in [6.07, 6.45) is 3.73. The van der Waals surface area contributed by atoms with Gasteiger partial charge >= 0.3 is 5.69 Å². The minimum atomic E-state index is -0.858. The Morgan fingerprint density at radius 1 is 1.55 bits per heavy atom. The molecule has 0 aliphatic heterocycles. The monoisotopic (exact) mass is 302 g/mol. The Kier molecular flexibility index (Phi) is 6.12. The third-order valence-electron chi connectivity index (χ3n) is 2.98. The van der Waals surface area contributed by atoms with Gasteiger partial charge in [0.05, 0.1) is 4.92 Å². The molecule has 2 atom stereocenters. The number of hydrogen-bond donors (Lipinski definition) is 1. The van der Waals surface area contributed by atoms with Crippen LogP contribution in [0.15, 0.2) is 0 Å². The number of nitrogens with zero attached hydrogens (tertiary/aromatic N) is 3. The zero-order valence-electron chi connectivity index (χ0n) is 12.4. The van der Waals surface area contributed by atoms with Gasteiger partial charge < -0.3 is 5.32 Å². The van der Waals surface area contributed by atoms with Crippen molar-refractivity contribution in [1.29, 1.82) is 0 Å². The van der Waals surface area contributed by atoms with E-state index in [1.165, 1.54) is 4.68 Å². The molecule has 1 N–H and O–H groups in total. The Labute approximate surface area is 121 Å². The summed E-state index contributed by atoms with van der Waals surface area (Å²) in [6.45, 7) is 3.88. The van der Waals surface area contributed by atoms with Crippen LogP contribution in [0.4, 0.5) is 11.5 Å². The van der Waals surface area contributed by atoms with Gasteiger partial charge in [-0.25, -0.2) is 4.68 Å². The van der Waals surface area contributed by atoms with Crippen LogP contribution >= 0.6 is 0 Å². The second-order valence-electron chi connectivity index (χ2n) is 4.89. The lowest BCUT2D eigenvalue weighted by Gasteiger charge is -2.13. The molecule has 114 valence electrons. The molecule has 2 unspecified atom stereocenters. The normalized spacial score (nSPS) is 14.0. The van der Waals surface area contributed by atoms with Gasteiger partial charge in [0.15, 0.2) is 0 Å². The molecular formula is C12H22N4O3S. The average molecular weight is 302 g/mol. The Morgan fingerprint density at radius 2 is 2.20 bits per heavy atom. The van der Waals surface area contributed by atoms with Crippen LogP contribution in [-0.4, -0.2) is 37.0 Å². The summed E-state index contributed by atoms with van der Waals surface area (Å²) in [4.78, 5) is 10.9. The van der Waals surface area contributed by atoms with E-state index in [1.807, 2.05) is 13.8 Å². The lowest BCUT2D eigenvalue weighted by molar-refractivity contribution is -0.384. The van der Waals surface area contributed by atoms with Crippen molar-refractivity contribution in [1.82, 2.24) is 9.78 Å². The molecular weight excluding hydrogens is 280 g/mol. The third kappa shape index (κ3) is 4.29. The molecule has 0 fully saturated rings. The third-order valence-corrected chi connectivity index (χ3v) is 3.79. The van der Waals surface area contributed by atoms with Crippen molar-refractivity contribution < 1.29 is 9.13 Å². The molecule has 0 amide bonds. The number of anilines is 1. The topological polar surface area (TPSA) is 90.1 Å². The smallest absolute Gasteiger partial charge is 0.333 e. The van der Waals surface area contributed by atoms with Gasteiger partial charge in [0.1, 0.15) is 5.69 Å². The van der Waals surface area contributed by atoms with Gasteiger partial charge in [-0.1, -0.05) is 13.3 Å². The number of nitrogens with one attached hydrogen (secondary N) is 1. The Hall–Kier alpha value is -1.44. The second-order valence-corrected chi connectivity index (χ2v) is 6.44. The fraction of sp³-hybridized carbons (Fsp3) is 0.750. The highest BCUT2D eigenvalue weighted by molar-refractivity contribution is 7.84. The lowest BCUT2D eigenvalue weighted by atomic mass is 10.2. The van der Waals surface area contributed by atoms with E-state index in [2.05, 4.69) is 10.4 Å². The quantitative estimate of drug-likeness (QED) is 0.584. The van der Waals surface area contributed by atoms with Crippen molar-refractivity contribution in [3.63, 3.8) is 0 Å². The Balaban J connectivity index is 2.93. The summed E-state index contributed by atoms with van der Waals surface area (Å²) in [5.41, 5.74) is 0.563. The van der Waals surface area contributed by atoms with Crippen LogP contribution in [0.2, 0.25) is 0 Å². The van der Waals surface area contributed by atoms with Crippen molar-refractivity contribution in [2.24, 2.45) is 7.05 Å². The summed E-state index contributed by atoms with van der Waals surface area (Å²) < 4.78 is 12.6. The molecule has 20 heavy (non-hydrogen) atoms. The number of rotatable bonds is 8. The molecule has 0 aromatic carbocycles. The van der Waals surface area contributed by atoms with E-state index in [1.54, 1.807) is 13.3 Å². The molecule has 1 rings (SSSR count). The minimum Gasteiger partial charge on any atom is -0.362 e. The van der Waals surface area contributed by atoms with Crippen LogP contribution in [-0.2, 0) is 24.3 Å².